The maximum atomic E-state index is 6.27. The van der Waals surface area contributed by atoms with Gasteiger partial charge in [0.15, 0.2) is 0 Å². The zero-order valence-electron chi connectivity index (χ0n) is 12.8. The van der Waals surface area contributed by atoms with Crippen molar-refractivity contribution in [3.63, 3.8) is 0 Å². The molecule has 0 N–H and O–H groups in total. The van der Waals surface area contributed by atoms with Crippen LogP contribution in [0.4, 0.5) is 0 Å². The van der Waals surface area contributed by atoms with Crippen LogP contribution < -0.4 is 9.61 Å². The monoisotopic (exact) mass is 297 g/mol. The molecule has 0 amide bonds. The molecular weight excluding hydrogens is 276 g/mol. The van der Waals surface area contributed by atoms with E-state index in [1.54, 1.807) is 7.11 Å². The summed E-state index contributed by atoms with van der Waals surface area (Å²) < 4.78 is 11.5. The van der Waals surface area contributed by atoms with Gasteiger partial charge in [0.1, 0.15) is 5.75 Å². The van der Waals surface area contributed by atoms with Crippen LogP contribution in [-0.4, -0.2) is 16.2 Å². The van der Waals surface area contributed by atoms with E-state index in [1.807, 2.05) is 30.3 Å². The number of ether oxygens (including phenoxy) is 1. The fourth-order valence-corrected chi connectivity index (χ4v) is 4.31. The molecule has 2 nitrogen and oxygen atoms in total. The molecule has 3 heteroatoms. The van der Waals surface area contributed by atoms with Crippen molar-refractivity contribution in [2.24, 2.45) is 0 Å². The van der Waals surface area contributed by atoms with Gasteiger partial charge in [-0.1, -0.05) is 43.0 Å². The van der Waals surface area contributed by atoms with Crippen molar-refractivity contribution in [2.75, 3.05) is 7.11 Å². The number of hydrogen-bond acceptors (Lipinski definition) is 2. The lowest BCUT2D eigenvalue weighted by atomic mass is 10.1. The van der Waals surface area contributed by atoms with Gasteiger partial charge >= 0.3 is 9.04 Å². The predicted molar refractivity (Wildman–Crippen MR) is 89.3 cm³/mol. The molecule has 2 aromatic carbocycles. The van der Waals surface area contributed by atoms with Crippen LogP contribution in [-0.2, 0) is 4.74 Å². The molecule has 0 aliphatic rings. The molecule has 2 aromatic rings. The average Bonchev–Trinajstić information content (AvgIpc) is 2.50. The van der Waals surface area contributed by atoms with Crippen molar-refractivity contribution in [1.82, 2.24) is 0 Å². The van der Waals surface area contributed by atoms with Crippen molar-refractivity contribution in [3.05, 3.63) is 72.0 Å². The minimum Gasteiger partial charge on any atom is -0.537 e. The minimum absolute atomic E-state index is 0.736. The van der Waals surface area contributed by atoms with Gasteiger partial charge in [0.05, 0.1) is 12.9 Å². The van der Waals surface area contributed by atoms with E-state index in [0.29, 0.717) is 0 Å². The quantitative estimate of drug-likeness (QED) is 0.597. The Morgan fingerprint density at radius 2 is 1.76 bits per heavy atom. The van der Waals surface area contributed by atoms with Crippen LogP contribution in [0.1, 0.15) is 11.1 Å². The van der Waals surface area contributed by atoms with Crippen molar-refractivity contribution in [1.29, 1.82) is 0 Å². The first-order chi connectivity index (χ1) is 10.1. The van der Waals surface area contributed by atoms with Crippen LogP contribution in [0, 0.1) is 13.8 Å². The molecule has 0 saturated carbocycles. The van der Waals surface area contributed by atoms with E-state index in [4.69, 9.17) is 9.16 Å². The Morgan fingerprint density at radius 1 is 1.05 bits per heavy atom. The van der Waals surface area contributed by atoms with E-state index in [2.05, 4.69) is 38.6 Å². The highest BCUT2D eigenvalue weighted by atomic mass is 28.3. The van der Waals surface area contributed by atoms with Crippen LogP contribution in [0.3, 0.4) is 0 Å². The largest absolute Gasteiger partial charge is 0.537 e. The maximum absolute atomic E-state index is 6.27. The summed E-state index contributed by atoms with van der Waals surface area (Å²) in [5, 5.41) is 1.28. The fraction of sp³-hybridized carbons (Fsp3) is 0.222. The van der Waals surface area contributed by atoms with Gasteiger partial charge in [-0.3, -0.25) is 0 Å². The van der Waals surface area contributed by atoms with Gasteiger partial charge in [0.2, 0.25) is 0 Å². The molecule has 0 bridgehead atoms. The Labute approximate surface area is 128 Å². The molecule has 0 aromatic heterocycles. The number of methoxy groups -OCH3 is 1. The SMILES string of the molecule is C=C(C[Si](Oc1ccccc1)c1cccc(C)c1C)OC. The van der Waals surface area contributed by atoms with Crippen molar-refractivity contribution in [3.8, 4) is 5.75 Å². The molecule has 0 fully saturated rings. The molecule has 0 aliphatic heterocycles. The van der Waals surface area contributed by atoms with E-state index in [-0.39, 0.29) is 0 Å². The first-order valence-corrected chi connectivity index (χ1v) is 8.60. The van der Waals surface area contributed by atoms with Gasteiger partial charge in [-0.2, -0.15) is 0 Å². The summed E-state index contributed by atoms with van der Waals surface area (Å²) in [6.45, 7) is 8.24. The van der Waals surface area contributed by atoms with Gasteiger partial charge in [-0.15, -0.1) is 0 Å². The normalized spacial score (nSPS) is 10.5. The summed E-state index contributed by atoms with van der Waals surface area (Å²) in [6, 6.07) is 17.1. The number of rotatable bonds is 6. The molecule has 0 atom stereocenters. The van der Waals surface area contributed by atoms with E-state index in [1.165, 1.54) is 16.3 Å². The van der Waals surface area contributed by atoms with Crippen LogP contribution in [0.5, 0.6) is 5.75 Å². The second-order valence-corrected chi connectivity index (χ2v) is 6.95. The number of para-hydroxylation sites is 1. The first kappa shape index (κ1) is 15.4. The fourth-order valence-electron chi connectivity index (χ4n) is 2.12. The number of aryl methyl sites for hydroxylation is 1. The molecular formula is C18H21O2Si. The summed E-state index contributed by atoms with van der Waals surface area (Å²) in [7, 11) is 0.398. The Balaban J connectivity index is 2.31. The lowest BCUT2D eigenvalue weighted by Crippen LogP contribution is -2.39. The Morgan fingerprint density at radius 3 is 2.43 bits per heavy atom. The number of benzene rings is 2. The van der Waals surface area contributed by atoms with E-state index < -0.39 is 9.04 Å². The third-order valence-corrected chi connectivity index (χ3v) is 5.88. The molecule has 0 spiro atoms. The summed E-state index contributed by atoms with van der Waals surface area (Å²) in [4.78, 5) is 0. The van der Waals surface area contributed by atoms with Crippen LogP contribution in [0.2, 0.25) is 6.04 Å². The Hall–Kier alpha value is -2.00. The smallest absolute Gasteiger partial charge is 0.324 e. The summed E-state index contributed by atoms with van der Waals surface area (Å²) in [6.07, 6.45) is 0. The maximum Gasteiger partial charge on any atom is 0.324 e. The highest BCUT2D eigenvalue weighted by Crippen LogP contribution is 2.16. The van der Waals surface area contributed by atoms with E-state index >= 15 is 0 Å². The van der Waals surface area contributed by atoms with Crippen molar-refractivity contribution >= 4 is 14.2 Å². The van der Waals surface area contributed by atoms with E-state index in [9.17, 15) is 0 Å². The van der Waals surface area contributed by atoms with Gasteiger partial charge in [-0.25, -0.2) is 0 Å². The zero-order valence-corrected chi connectivity index (χ0v) is 13.8. The number of allylic oxidation sites excluding steroid dienone is 1. The molecule has 0 heterocycles. The molecule has 0 aliphatic carbocycles. The number of hydrogen-bond donors (Lipinski definition) is 0. The third kappa shape index (κ3) is 3.98. The molecule has 2 rings (SSSR count). The summed E-state index contributed by atoms with van der Waals surface area (Å²) in [5.41, 5.74) is 2.58. The van der Waals surface area contributed by atoms with Crippen LogP contribution >= 0.6 is 0 Å². The first-order valence-electron chi connectivity index (χ1n) is 6.99. The second-order valence-electron chi connectivity index (χ2n) is 5.01. The molecule has 1 radical (unpaired) electrons. The molecule has 21 heavy (non-hydrogen) atoms. The lowest BCUT2D eigenvalue weighted by Gasteiger charge is -2.20. The average molecular weight is 297 g/mol. The van der Waals surface area contributed by atoms with Gasteiger partial charge in [0.25, 0.3) is 0 Å². The standard InChI is InChI=1S/C18H21O2Si/c1-14-9-8-12-18(16(14)3)21(13-15(2)19-4)20-17-10-6-5-7-11-17/h5-12H,2,13H2,1,3-4H3. The topological polar surface area (TPSA) is 18.5 Å². The Kier molecular flexibility index (Phi) is 5.23. The van der Waals surface area contributed by atoms with Crippen molar-refractivity contribution < 1.29 is 9.16 Å². The van der Waals surface area contributed by atoms with Crippen LogP contribution in [0.15, 0.2) is 60.9 Å². The molecule has 0 saturated heterocycles. The van der Waals surface area contributed by atoms with Gasteiger partial charge in [0, 0.05) is 6.04 Å². The van der Waals surface area contributed by atoms with E-state index in [0.717, 1.165) is 17.6 Å². The zero-order chi connectivity index (χ0) is 15.2. The highest BCUT2D eigenvalue weighted by molar-refractivity contribution is 6.69. The molecule has 109 valence electrons. The third-order valence-electron chi connectivity index (χ3n) is 3.54. The summed E-state index contributed by atoms with van der Waals surface area (Å²) in [5.74, 6) is 1.66. The van der Waals surface area contributed by atoms with Gasteiger partial charge in [-0.05, 0) is 42.3 Å². The Bertz CT molecular complexity index is 608. The molecule has 0 unspecified atom stereocenters. The predicted octanol–water partition coefficient (Wildman–Crippen LogP) is 3.74. The second kappa shape index (κ2) is 7.13. The van der Waals surface area contributed by atoms with Crippen molar-refractivity contribution in [2.45, 2.75) is 19.9 Å². The highest BCUT2D eigenvalue weighted by Gasteiger charge is 2.23. The lowest BCUT2D eigenvalue weighted by molar-refractivity contribution is 0.293. The van der Waals surface area contributed by atoms with Crippen LogP contribution in [0.25, 0.3) is 0 Å². The van der Waals surface area contributed by atoms with Gasteiger partial charge < -0.3 is 9.16 Å². The minimum atomic E-state index is -1.26. The summed E-state index contributed by atoms with van der Waals surface area (Å²) >= 11 is 0.